The van der Waals surface area contributed by atoms with Crippen molar-refractivity contribution in [3.8, 4) is 0 Å². The summed E-state index contributed by atoms with van der Waals surface area (Å²) in [6, 6.07) is 10.6. The van der Waals surface area contributed by atoms with Crippen molar-refractivity contribution in [1.82, 2.24) is 24.4 Å². The van der Waals surface area contributed by atoms with Gasteiger partial charge < -0.3 is 19.3 Å². The van der Waals surface area contributed by atoms with E-state index in [2.05, 4.69) is 36.6 Å². The van der Waals surface area contributed by atoms with E-state index in [1.54, 1.807) is 11.2 Å². The smallest absolute Gasteiger partial charge is 0.241 e. The van der Waals surface area contributed by atoms with Gasteiger partial charge in [-0.05, 0) is 25.0 Å². The number of piperazine rings is 1. The SMILES string of the molecule is CN1CCN(c2cc(N3CCCC3Cn3cnc4ccccc43)ncn2)CC1=O. The summed E-state index contributed by atoms with van der Waals surface area (Å²) in [6.45, 7) is 3.75. The quantitative estimate of drug-likeness (QED) is 0.675. The van der Waals surface area contributed by atoms with Gasteiger partial charge in [-0.2, -0.15) is 0 Å². The third-order valence-corrected chi connectivity index (χ3v) is 6.03. The number of fused-ring (bicyclic) bond motifs is 1. The molecular formula is C21H25N7O. The van der Waals surface area contributed by atoms with Crippen molar-refractivity contribution in [1.29, 1.82) is 0 Å². The molecule has 150 valence electrons. The summed E-state index contributed by atoms with van der Waals surface area (Å²) in [7, 11) is 1.85. The second-order valence-electron chi connectivity index (χ2n) is 7.85. The first kappa shape index (κ1) is 17.9. The highest BCUT2D eigenvalue weighted by Crippen LogP contribution is 2.28. The minimum atomic E-state index is 0.127. The summed E-state index contributed by atoms with van der Waals surface area (Å²) in [6.07, 6.45) is 5.82. The lowest BCUT2D eigenvalue weighted by Gasteiger charge is -2.33. The summed E-state index contributed by atoms with van der Waals surface area (Å²) in [5, 5.41) is 0. The number of carbonyl (C=O) groups is 1. The van der Waals surface area contributed by atoms with Gasteiger partial charge in [0.25, 0.3) is 0 Å². The summed E-state index contributed by atoms with van der Waals surface area (Å²) in [5.41, 5.74) is 2.19. The largest absolute Gasteiger partial charge is 0.352 e. The van der Waals surface area contributed by atoms with Crippen LogP contribution in [0, 0.1) is 0 Å². The molecule has 2 fully saturated rings. The van der Waals surface area contributed by atoms with Crippen LogP contribution < -0.4 is 9.80 Å². The summed E-state index contributed by atoms with van der Waals surface area (Å²) in [5.74, 6) is 1.89. The Morgan fingerprint density at radius 3 is 2.83 bits per heavy atom. The van der Waals surface area contributed by atoms with Crippen LogP contribution >= 0.6 is 0 Å². The van der Waals surface area contributed by atoms with Gasteiger partial charge in [-0.25, -0.2) is 15.0 Å². The predicted molar refractivity (Wildman–Crippen MR) is 112 cm³/mol. The highest BCUT2D eigenvalue weighted by atomic mass is 16.2. The normalized spacial score (nSPS) is 20.1. The fourth-order valence-electron chi connectivity index (χ4n) is 4.33. The highest BCUT2D eigenvalue weighted by Gasteiger charge is 2.28. The minimum Gasteiger partial charge on any atom is -0.352 e. The number of hydrogen-bond acceptors (Lipinski definition) is 6. The van der Waals surface area contributed by atoms with Crippen molar-refractivity contribution in [3.05, 3.63) is 43.0 Å². The maximum absolute atomic E-state index is 12.1. The molecule has 0 aliphatic carbocycles. The molecule has 1 aromatic carbocycles. The minimum absolute atomic E-state index is 0.127. The number of aromatic nitrogens is 4. The zero-order chi connectivity index (χ0) is 19.8. The standard InChI is InChI=1S/C21H25N7O/c1-25-9-10-26(13-21(25)29)19-11-20(23-14-22-19)28-8-4-5-16(28)12-27-15-24-17-6-2-3-7-18(17)27/h2-3,6-7,11,14-16H,4-5,8-10,12-13H2,1H3. The van der Waals surface area contributed by atoms with Crippen LogP contribution in [-0.2, 0) is 11.3 Å². The average Bonchev–Trinajstić information content (AvgIpc) is 3.38. The molecule has 2 aliphatic rings. The highest BCUT2D eigenvalue weighted by molar-refractivity contribution is 5.82. The summed E-state index contributed by atoms with van der Waals surface area (Å²) < 4.78 is 2.24. The maximum atomic E-state index is 12.1. The Morgan fingerprint density at radius 2 is 1.93 bits per heavy atom. The van der Waals surface area contributed by atoms with E-state index in [1.807, 2.05) is 36.5 Å². The topological polar surface area (TPSA) is 70.4 Å². The molecule has 5 rings (SSSR count). The van der Waals surface area contributed by atoms with Crippen LogP contribution in [0.3, 0.4) is 0 Å². The third kappa shape index (κ3) is 3.39. The van der Waals surface area contributed by atoms with E-state index in [0.29, 0.717) is 12.6 Å². The van der Waals surface area contributed by atoms with E-state index >= 15 is 0 Å². The van der Waals surface area contributed by atoms with E-state index in [0.717, 1.165) is 56.2 Å². The fourth-order valence-corrected chi connectivity index (χ4v) is 4.33. The lowest BCUT2D eigenvalue weighted by Crippen LogP contribution is -2.48. The monoisotopic (exact) mass is 391 g/mol. The number of carbonyl (C=O) groups excluding carboxylic acids is 1. The van der Waals surface area contributed by atoms with Gasteiger partial charge in [0.15, 0.2) is 0 Å². The Morgan fingerprint density at radius 1 is 1.07 bits per heavy atom. The van der Waals surface area contributed by atoms with Crippen molar-refractivity contribution in [2.45, 2.75) is 25.4 Å². The Bertz CT molecular complexity index is 1030. The molecule has 0 spiro atoms. The molecule has 1 unspecified atom stereocenters. The Balaban J connectivity index is 1.36. The molecule has 0 radical (unpaired) electrons. The zero-order valence-corrected chi connectivity index (χ0v) is 16.6. The molecule has 29 heavy (non-hydrogen) atoms. The lowest BCUT2D eigenvalue weighted by atomic mass is 10.2. The Labute approximate surface area is 169 Å². The number of imidazole rings is 1. The summed E-state index contributed by atoms with van der Waals surface area (Å²) in [4.78, 5) is 31.8. The van der Waals surface area contributed by atoms with E-state index in [-0.39, 0.29) is 5.91 Å². The van der Waals surface area contributed by atoms with Gasteiger partial charge in [0.05, 0.1) is 23.9 Å². The molecule has 8 nitrogen and oxygen atoms in total. The van der Waals surface area contributed by atoms with Crippen LogP contribution in [0.1, 0.15) is 12.8 Å². The molecule has 1 amide bonds. The fraction of sp³-hybridized carbons (Fsp3) is 0.429. The molecule has 8 heteroatoms. The van der Waals surface area contributed by atoms with Crippen molar-refractivity contribution < 1.29 is 4.79 Å². The zero-order valence-electron chi connectivity index (χ0n) is 16.6. The molecule has 3 aromatic rings. The second kappa shape index (κ2) is 7.35. The first-order valence-electron chi connectivity index (χ1n) is 10.2. The number of benzene rings is 1. The van der Waals surface area contributed by atoms with Gasteiger partial charge >= 0.3 is 0 Å². The molecule has 0 bridgehead atoms. The molecular weight excluding hydrogens is 366 g/mol. The van der Waals surface area contributed by atoms with Crippen LogP contribution in [0.5, 0.6) is 0 Å². The molecule has 4 heterocycles. The van der Waals surface area contributed by atoms with Gasteiger partial charge in [0, 0.05) is 45.3 Å². The number of para-hydroxylation sites is 2. The summed E-state index contributed by atoms with van der Waals surface area (Å²) >= 11 is 0. The van der Waals surface area contributed by atoms with Gasteiger partial charge in [0.1, 0.15) is 18.0 Å². The molecule has 2 saturated heterocycles. The van der Waals surface area contributed by atoms with Crippen LogP contribution in [0.25, 0.3) is 11.0 Å². The third-order valence-electron chi connectivity index (χ3n) is 6.03. The maximum Gasteiger partial charge on any atom is 0.241 e. The second-order valence-corrected chi connectivity index (χ2v) is 7.85. The number of nitrogens with zero attached hydrogens (tertiary/aromatic N) is 7. The average molecular weight is 391 g/mol. The van der Waals surface area contributed by atoms with Crippen LogP contribution in [0.15, 0.2) is 43.0 Å². The van der Waals surface area contributed by atoms with E-state index in [9.17, 15) is 4.79 Å². The van der Waals surface area contributed by atoms with Crippen molar-refractivity contribution in [2.24, 2.45) is 0 Å². The number of likely N-dealkylation sites (N-methyl/N-ethyl adjacent to an activating group) is 1. The van der Waals surface area contributed by atoms with Crippen molar-refractivity contribution in [3.63, 3.8) is 0 Å². The first-order valence-corrected chi connectivity index (χ1v) is 10.2. The van der Waals surface area contributed by atoms with E-state index < -0.39 is 0 Å². The van der Waals surface area contributed by atoms with Crippen LogP contribution in [-0.4, -0.2) is 69.6 Å². The van der Waals surface area contributed by atoms with Crippen molar-refractivity contribution >= 4 is 28.6 Å². The number of hydrogen-bond donors (Lipinski definition) is 0. The lowest BCUT2D eigenvalue weighted by molar-refractivity contribution is -0.129. The van der Waals surface area contributed by atoms with Gasteiger partial charge in [-0.3, -0.25) is 4.79 Å². The van der Waals surface area contributed by atoms with E-state index in [1.165, 1.54) is 5.52 Å². The number of rotatable bonds is 4. The van der Waals surface area contributed by atoms with Crippen LogP contribution in [0.2, 0.25) is 0 Å². The number of amides is 1. The molecule has 0 N–H and O–H groups in total. The Kier molecular flexibility index (Phi) is 4.54. The Hall–Kier alpha value is -3.16. The number of anilines is 2. The van der Waals surface area contributed by atoms with Gasteiger partial charge in [0.2, 0.25) is 5.91 Å². The predicted octanol–water partition coefficient (Wildman–Crippen LogP) is 1.77. The van der Waals surface area contributed by atoms with Crippen molar-refractivity contribution in [2.75, 3.05) is 43.0 Å². The first-order chi connectivity index (χ1) is 14.2. The molecule has 0 saturated carbocycles. The molecule has 2 aliphatic heterocycles. The molecule has 1 atom stereocenters. The van der Waals surface area contributed by atoms with Gasteiger partial charge in [-0.15, -0.1) is 0 Å². The van der Waals surface area contributed by atoms with Gasteiger partial charge in [-0.1, -0.05) is 12.1 Å². The van der Waals surface area contributed by atoms with Crippen LogP contribution in [0.4, 0.5) is 11.6 Å². The van der Waals surface area contributed by atoms with E-state index in [4.69, 9.17) is 0 Å². The molecule has 2 aromatic heterocycles.